The number of esters is 1. The van der Waals surface area contributed by atoms with Crippen LogP contribution < -0.4 is 0 Å². The molecule has 114 valence electrons. The van der Waals surface area contributed by atoms with Gasteiger partial charge in [-0.1, -0.05) is 36.4 Å². The molecule has 1 aromatic carbocycles. The van der Waals surface area contributed by atoms with Gasteiger partial charge >= 0.3 is 5.97 Å². The van der Waals surface area contributed by atoms with Gasteiger partial charge in [-0.05, 0) is 24.1 Å². The largest absolute Gasteiger partial charge is 0.460 e. The van der Waals surface area contributed by atoms with Crippen molar-refractivity contribution in [3.8, 4) is 6.07 Å². The molecule has 0 fully saturated rings. The van der Waals surface area contributed by atoms with E-state index in [0.717, 1.165) is 5.56 Å². The average Bonchev–Trinajstić information content (AvgIpc) is 3.03. The minimum absolute atomic E-state index is 0.0537. The summed E-state index contributed by atoms with van der Waals surface area (Å²) in [7, 11) is 0. The number of nitrogens with zero attached hydrogens (tertiary/aromatic N) is 3. The van der Waals surface area contributed by atoms with Gasteiger partial charge in [-0.3, -0.25) is 0 Å². The molecular weight excluding hydrogens is 290 g/mol. The third-order valence-electron chi connectivity index (χ3n) is 3.50. The van der Waals surface area contributed by atoms with E-state index in [1.165, 1.54) is 0 Å². The Hall–Kier alpha value is -3.13. The highest BCUT2D eigenvalue weighted by Gasteiger charge is 2.16. The van der Waals surface area contributed by atoms with Crippen LogP contribution in [-0.4, -0.2) is 22.0 Å². The summed E-state index contributed by atoms with van der Waals surface area (Å²) in [6, 6.07) is 17.4. The summed E-state index contributed by atoms with van der Waals surface area (Å²) in [6.45, 7) is 0.0537. The molecule has 23 heavy (non-hydrogen) atoms. The first-order valence-corrected chi connectivity index (χ1v) is 7.30. The molecule has 2 heterocycles. The molecule has 0 radical (unpaired) electrons. The maximum Gasteiger partial charge on any atom is 0.358 e. The topological polar surface area (TPSA) is 67.4 Å². The monoisotopic (exact) mass is 305 g/mol. The number of pyridine rings is 1. The number of fused-ring (bicyclic) bond motifs is 1. The molecule has 1 atom stereocenters. The van der Waals surface area contributed by atoms with Gasteiger partial charge in [0.2, 0.25) is 0 Å². The van der Waals surface area contributed by atoms with Crippen LogP contribution in [0.1, 0.15) is 16.1 Å². The highest BCUT2D eigenvalue weighted by Crippen LogP contribution is 2.11. The number of carbonyl (C=O) groups is 1. The van der Waals surface area contributed by atoms with Gasteiger partial charge in [-0.25, -0.2) is 9.78 Å². The molecular formula is C18H15N3O2. The van der Waals surface area contributed by atoms with E-state index < -0.39 is 5.97 Å². The van der Waals surface area contributed by atoms with Gasteiger partial charge in [0.25, 0.3) is 0 Å². The number of hydrogen-bond donors (Lipinski definition) is 0. The van der Waals surface area contributed by atoms with E-state index in [-0.39, 0.29) is 18.2 Å². The van der Waals surface area contributed by atoms with Crippen molar-refractivity contribution in [1.82, 2.24) is 9.38 Å². The highest BCUT2D eigenvalue weighted by atomic mass is 16.5. The molecule has 5 nitrogen and oxygen atoms in total. The molecule has 0 saturated heterocycles. The van der Waals surface area contributed by atoms with Crippen molar-refractivity contribution in [2.24, 2.45) is 5.92 Å². The number of hydrogen-bond acceptors (Lipinski definition) is 4. The predicted octanol–water partition coefficient (Wildman–Crippen LogP) is 2.87. The van der Waals surface area contributed by atoms with Crippen molar-refractivity contribution in [2.75, 3.05) is 6.61 Å². The van der Waals surface area contributed by atoms with E-state index in [1.807, 2.05) is 54.7 Å². The summed E-state index contributed by atoms with van der Waals surface area (Å²) in [6.07, 6.45) is 3.98. The number of benzene rings is 1. The number of ether oxygens (including phenoxy) is 1. The summed E-state index contributed by atoms with van der Waals surface area (Å²) >= 11 is 0. The maximum absolute atomic E-state index is 12.1. The second kappa shape index (κ2) is 6.75. The molecule has 0 aliphatic carbocycles. The fourth-order valence-electron chi connectivity index (χ4n) is 2.32. The van der Waals surface area contributed by atoms with Crippen LogP contribution in [-0.2, 0) is 11.2 Å². The molecule has 0 aliphatic rings. The molecule has 0 saturated carbocycles. The molecule has 5 heteroatoms. The standard InChI is InChI=1S/C18H15N3O2/c19-11-15(10-14-6-2-1-3-7-14)13-23-18(22)16-12-21-9-5-4-8-17(21)20-16/h1-9,12,15H,10,13H2. The smallest absolute Gasteiger partial charge is 0.358 e. The molecule has 0 N–H and O–H groups in total. The third-order valence-corrected chi connectivity index (χ3v) is 3.50. The van der Waals surface area contributed by atoms with Crippen molar-refractivity contribution in [3.63, 3.8) is 0 Å². The summed E-state index contributed by atoms with van der Waals surface area (Å²) in [5.74, 6) is -0.889. The third kappa shape index (κ3) is 3.55. The van der Waals surface area contributed by atoms with Crippen molar-refractivity contribution in [1.29, 1.82) is 5.26 Å². The van der Waals surface area contributed by atoms with Crippen LogP contribution in [0.15, 0.2) is 60.9 Å². The normalized spacial score (nSPS) is 11.8. The van der Waals surface area contributed by atoms with Crippen LogP contribution in [0.25, 0.3) is 5.65 Å². The molecule has 2 aromatic heterocycles. The molecule has 3 rings (SSSR count). The maximum atomic E-state index is 12.1. The lowest BCUT2D eigenvalue weighted by Crippen LogP contribution is -2.15. The van der Waals surface area contributed by atoms with Crippen LogP contribution in [0, 0.1) is 17.2 Å². The Morgan fingerprint density at radius 1 is 1.22 bits per heavy atom. The fraction of sp³-hybridized carbons (Fsp3) is 0.167. The van der Waals surface area contributed by atoms with E-state index in [1.54, 1.807) is 10.6 Å². The van der Waals surface area contributed by atoms with Crippen molar-refractivity contribution < 1.29 is 9.53 Å². The molecule has 1 unspecified atom stereocenters. The molecule has 0 aliphatic heterocycles. The lowest BCUT2D eigenvalue weighted by atomic mass is 10.0. The van der Waals surface area contributed by atoms with Crippen molar-refractivity contribution in [3.05, 3.63) is 72.2 Å². The van der Waals surface area contributed by atoms with E-state index in [2.05, 4.69) is 11.1 Å². The number of rotatable bonds is 5. The summed E-state index contributed by atoms with van der Waals surface area (Å²) in [5.41, 5.74) is 1.97. The lowest BCUT2D eigenvalue weighted by Gasteiger charge is -2.09. The van der Waals surface area contributed by atoms with Crippen molar-refractivity contribution in [2.45, 2.75) is 6.42 Å². The summed E-state index contributed by atoms with van der Waals surface area (Å²) in [4.78, 5) is 16.3. The van der Waals surface area contributed by atoms with E-state index >= 15 is 0 Å². The lowest BCUT2D eigenvalue weighted by molar-refractivity contribution is 0.0462. The Kier molecular flexibility index (Phi) is 4.34. The predicted molar refractivity (Wildman–Crippen MR) is 84.7 cm³/mol. The van der Waals surface area contributed by atoms with E-state index in [9.17, 15) is 10.1 Å². The second-order valence-corrected chi connectivity index (χ2v) is 5.21. The Morgan fingerprint density at radius 3 is 2.74 bits per heavy atom. The van der Waals surface area contributed by atoms with Gasteiger partial charge in [0.15, 0.2) is 5.69 Å². The molecule has 0 amide bonds. The van der Waals surface area contributed by atoms with Crippen LogP contribution in [0.4, 0.5) is 0 Å². The van der Waals surface area contributed by atoms with E-state index in [0.29, 0.717) is 12.1 Å². The van der Waals surface area contributed by atoms with Crippen LogP contribution in [0.2, 0.25) is 0 Å². The van der Waals surface area contributed by atoms with Crippen LogP contribution in [0.5, 0.6) is 0 Å². The van der Waals surface area contributed by atoms with Crippen LogP contribution in [0.3, 0.4) is 0 Å². The highest BCUT2D eigenvalue weighted by molar-refractivity contribution is 5.87. The first kappa shape index (κ1) is 14.8. The zero-order valence-electron chi connectivity index (χ0n) is 12.4. The Labute approximate surface area is 133 Å². The van der Waals surface area contributed by atoms with Gasteiger partial charge < -0.3 is 9.14 Å². The Bertz CT molecular complexity index is 816. The Morgan fingerprint density at radius 2 is 2.00 bits per heavy atom. The summed E-state index contributed by atoms with van der Waals surface area (Å²) in [5, 5.41) is 9.22. The second-order valence-electron chi connectivity index (χ2n) is 5.21. The number of imidazole rings is 1. The minimum Gasteiger partial charge on any atom is -0.460 e. The quantitative estimate of drug-likeness (QED) is 0.680. The Balaban J connectivity index is 1.62. The summed E-state index contributed by atoms with van der Waals surface area (Å²) < 4.78 is 7.00. The van der Waals surface area contributed by atoms with Gasteiger partial charge in [-0.2, -0.15) is 5.26 Å². The van der Waals surface area contributed by atoms with Gasteiger partial charge in [0, 0.05) is 12.4 Å². The molecule has 3 aromatic rings. The zero-order chi connectivity index (χ0) is 16.1. The fourth-order valence-corrected chi connectivity index (χ4v) is 2.32. The molecule has 0 spiro atoms. The number of carbonyl (C=O) groups excluding carboxylic acids is 1. The number of nitriles is 1. The van der Waals surface area contributed by atoms with E-state index in [4.69, 9.17) is 4.74 Å². The number of aromatic nitrogens is 2. The first-order valence-electron chi connectivity index (χ1n) is 7.30. The van der Waals surface area contributed by atoms with Crippen molar-refractivity contribution >= 4 is 11.6 Å². The van der Waals surface area contributed by atoms with Gasteiger partial charge in [0.1, 0.15) is 12.3 Å². The van der Waals surface area contributed by atoms with Crippen LogP contribution >= 0.6 is 0 Å². The van der Waals surface area contributed by atoms with Gasteiger partial charge in [-0.15, -0.1) is 0 Å². The SMILES string of the molecule is N#CC(COC(=O)c1cn2ccccc2n1)Cc1ccccc1. The average molecular weight is 305 g/mol. The molecule has 0 bridgehead atoms. The first-order chi connectivity index (χ1) is 11.3. The zero-order valence-corrected chi connectivity index (χ0v) is 12.4. The minimum atomic E-state index is -0.512. The van der Waals surface area contributed by atoms with Gasteiger partial charge in [0.05, 0.1) is 12.0 Å².